The molecular weight excluding hydrogens is 254 g/mol. The summed E-state index contributed by atoms with van der Waals surface area (Å²) in [5, 5.41) is 6.55. The Balaban J connectivity index is 2.16. The van der Waals surface area contributed by atoms with Crippen molar-refractivity contribution in [2.45, 2.75) is 18.5 Å². The maximum absolute atomic E-state index is 5.07. The van der Waals surface area contributed by atoms with Crippen molar-refractivity contribution in [3.63, 3.8) is 0 Å². The van der Waals surface area contributed by atoms with Crippen molar-refractivity contribution in [1.82, 2.24) is 14.7 Å². The van der Waals surface area contributed by atoms with Crippen LogP contribution in [0.2, 0.25) is 0 Å². The standard InChI is InChI=1S/C11H17N3OS2/c1-3-12-8-9-10(16-7-5-15-2)13-11-14(9)4-6-17-11/h4,6,12H,3,5,7-8H2,1-2H3. The third kappa shape index (κ3) is 3.01. The van der Waals surface area contributed by atoms with Crippen LogP contribution in [0, 0.1) is 0 Å². The van der Waals surface area contributed by atoms with Crippen molar-refractivity contribution in [2.24, 2.45) is 0 Å². The Kier molecular flexibility index (Phi) is 4.85. The van der Waals surface area contributed by atoms with Crippen LogP contribution in [-0.4, -0.2) is 35.4 Å². The van der Waals surface area contributed by atoms with Gasteiger partial charge in [0.1, 0.15) is 5.03 Å². The summed E-state index contributed by atoms with van der Waals surface area (Å²) < 4.78 is 7.24. The second kappa shape index (κ2) is 6.39. The molecular formula is C11H17N3OS2. The Hall–Kier alpha value is -0.560. The van der Waals surface area contributed by atoms with Crippen molar-refractivity contribution in [3.8, 4) is 0 Å². The number of thiazole rings is 1. The van der Waals surface area contributed by atoms with E-state index >= 15 is 0 Å². The van der Waals surface area contributed by atoms with Crippen molar-refractivity contribution in [3.05, 3.63) is 17.3 Å². The average molecular weight is 271 g/mol. The Bertz CT molecular complexity index is 466. The minimum atomic E-state index is 0.760. The molecule has 0 saturated heterocycles. The predicted molar refractivity (Wildman–Crippen MR) is 73.0 cm³/mol. The number of thioether (sulfide) groups is 1. The van der Waals surface area contributed by atoms with E-state index in [0.29, 0.717) is 0 Å². The summed E-state index contributed by atoms with van der Waals surface area (Å²) in [6, 6.07) is 0. The van der Waals surface area contributed by atoms with E-state index in [9.17, 15) is 0 Å². The van der Waals surface area contributed by atoms with Gasteiger partial charge in [-0.3, -0.25) is 4.40 Å². The third-order valence-corrected chi connectivity index (χ3v) is 4.12. The van der Waals surface area contributed by atoms with Gasteiger partial charge in [-0.15, -0.1) is 23.1 Å². The fourth-order valence-electron chi connectivity index (χ4n) is 1.55. The Morgan fingerprint density at radius 1 is 1.59 bits per heavy atom. The molecule has 0 aliphatic heterocycles. The van der Waals surface area contributed by atoms with Gasteiger partial charge < -0.3 is 10.1 Å². The van der Waals surface area contributed by atoms with E-state index in [2.05, 4.69) is 33.2 Å². The lowest BCUT2D eigenvalue weighted by Gasteiger charge is -2.04. The molecule has 0 spiro atoms. The molecule has 94 valence electrons. The van der Waals surface area contributed by atoms with Crippen LogP contribution in [0.15, 0.2) is 16.6 Å². The fourth-order valence-corrected chi connectivity index (χ4v) is 3.28. The Morgan fingerprint density at radius 2 is 2.47 bits per heavy atom. The first-order valence-electron chi connectivity index (χ1n) is 5.63. The lowest BCUT2D eigenvalue weighted by molar-refractivity contribution is 0.218. The maximum atomic E-state index is 5.07. The molecule has 0 amide bonds. The second-order valence-electron chi connectivity index (χ2n) is 3.54. The molecule has 2 aromatic rings. The minimum Gasteiger partial charge on any atom is -0.384 e. The highest BCUT2D eigenvalue weighted by molar-refractivity contribution is 7.99. The van der Waals surface area contributed by atoms with Crippen molar-refractivity contribution in [2.75, 3.05) is 26.0 Å². The van der Waals surface area contributed by atoms with E-state index in [1.54, 1.807) is 30.2 Å². The molecule has 0 radical (unpaired) electrons. The first kappa shape index (κ1) is 12.9. The summed E-state index contributed by atoms with van der Waals surface area (Å²) in [7, 11) is 1.73. The van der Waals surface area contributed by atoms with E-state index in [4.69, 9.17) is 4.74 Å². The van der Waals surface area contributed by atoms with Gasteiger partial charge in [-0.25, -0.2) is 4.98 Å². The number of nitrogens with zero attached hydrogens (tertiary/aromatic N) is 2. The number of aromatic nitrogens is 2. The Labute approximate surface area is 109 Å². The van der Waals surface area contributed by atoms with E-state index in [1.165, 1.54) is 5.69 Å². The molecule has 0 aliphatic rings. The molecule has 2 heterocycles. The molecule has 1 N–H and O–H groups in total. The minimum absolute atomic E-state index is 0.760. The topological polar surface area (TPSA) is 38.6 Å². The largest absolute Gasteiger partial charge is 0.384 e. The summed E-state index contributed by atoms with van der Waals surface area (Å²) in [4.78, 5) is 5.71. The van der Waals surface area contributed by atoms with Gasteiger partial charge in [-0.1, -0.05) is 6.92 Å². The van der Waals surface area contributed by atoms with Crippen molar-refractivity contribution in [1.29, 1.82) is 0 Å². The molecule has 0 aliphatic carbocycles. The molecule has 0 unspecified atom stereocenters. The quantitative estimate of drug-likeness (QED) is 0.619. The molecule has 6 heteroatoms. The van der Waals surface area contributed by atoms with E-state index < -0.39 is 0 Å². The first-order valence-corrected chi connectivity index (χ1v) is 7.50. The normalized spacial score (nSPS) is 11.4. The number of nitrogens with one attached hydrogen (secondary N) is 1. The molecule has 0 aromatic carbocycles. The molecule has 2 aromatic heterocycles. The van der Waals surface area contributed by atoms with E-state index in [1.807, 2.05) is 0 Å². The van der Waals surface area contributed by atoms with Gasteiger partial charge in [-0.05, 0) is 6.54 Å². The van der Waals surface area contributed by atoms with Crippen LogP contribution in [0.4, 0.5) is 0 Å². The van der Waals surface area contributed by atoms with Crippen LogP contribution >= 0.6 is 23.1 Å². The van der Waals surface area contributed by atoms with Gasteiger partial charge in [0.05, 0.1) is 12.3 Å². The highest BCUT2D eigenvalue weighted by atomic mass is 32.2. The van der Waals surface area contributed by atoms with Gasteiger partial charge in [0, 0.05) is 31.0 Å². The summed E-state index contributed by atoms with van der Waals surface area (Å²) in [5.41, 5.74) is 1.25. The van der Waals surface area contributed by atoms with E-state index in [0.717, 1.165) is 35.4 Å². The highest BCUT2D eigenvalue weighted by Gasteiger charge is 2.12. The summed E-state index contributed by atoms with van der Waals surface area (Å²) in [5.74, 6) is 0.945. The number of hydrogen-bond acceptors (Lipinski definition) is 5. The summed E-state index contributed by atoms with van der Waals surface area (Å²) in [6.07, 6.45) is 2.08. The molecule has 0 bridgehead atoms. The lowest BCUT2D eigenvalue weighted by Crippen LogP contribution is -2.13. The second-order valence-corrected chi connectivity index (χ2v) is 5.50. The van der Waals surface area contributed by atoms with Crippen LogP contribution in [0.25, 0.3) is 4.96 Å². The van der Waals surface area contributed by atoms with Crippen molar-refractivity contribution < 1.29 is 4.74 Å². The monoisotopic (exact) mass is 271 g/mol. The Morgan fingerprint density at radius 3 is 3.24 bits per heavy atom. The zero-order valence-corrected chi connectivity index (χ0v) is 11.7. The van der Waals surface area contributed by atoms with Gasteiger partial charge in [-0.2, -0.15) is 0 Å². The third-order valence-electron chi connectivity index (χ3n) is 2.39. The van der Waals surface area contributed by atoms with Crippen LogP contribution < -0.4 is 5.32 Å². The van der Waals surface area contributed by atoms with Crippen LogP contribution in [0.3, 0.4) is 0 Å². The number of imidazole rings is 1. The first-order chi connectivity index (χ1) is 8.36. The van der Waals surface area contributed by atoms with Crippen LogP contribution in [0.5, 0.6) is 0 Å². The molecule has 0 atom stereocenters. The van der Waals surface area contributed by atoms with Gasteiger partial charge >= 0.3 is 0 Å². The smallest absolute Gasteiger partial charge is 0.194 e. The zero-order chi connectivity index (χ0) is 12.1. The maximum Gasteiger partial charge on any atom is 0.194 e. The summed E-state index contributed by atoms with van der Waals surface area (Å²) in [6.45, 7) is 4.71. The molecule has 0 saturated carbocycles. The van der Waals surface area contributed by atoms with Gasteiger partial charge in [0.2, 0.25) is 0 Å². The zero-order valence-electron chi connectivity index (χ0n) is 10.1. The summed E-state index contributed by atoms with van der Waals surface area (Å²) >= 11 is 3.44. The molecule has 0 fully saturated rings. The lowest BCUT2D eigenvalue weighted by atomic mass is 10.4. The number of ether oxygens (including phenoxy) is 1. The number of rotatable bonds is 7. The number of fused-ring (bicyclic) bond motifs is 1. The molecule has 2 rings (SSSR count). The number of methoxy groups -OCH3 is 1. The van der Waals surface area contributed by atoms with Gasteiger partial charge in [0.25, 0.3) is 0 Å². The van der Waals surface area contributed by atoms with Gasteiger partial charge in [0.15, 0.2) is 4.96 Å². The predicted octanol–water partition coefficient (Wildman–Crippen LogP) is 2.24. The van der Waals surface area contributed by atoms with E-state index in [-0.39, 0.29) is 0 Å². The average Bonchev–Trinajstić information content (AvgIpc) is 2.88. The molecule has 17 heavy (non-hydrogen) atoms. The van der Waals surface area contributed by atoms with Crippen molar-refractivity contribution >= 4 is 28.1 Å². The SMILES string of the molecule is CCNCc1c(SCCOC)nc2sccn12. The molecule has 4 nitrogen and oxygen atoms in total. The highest BCUT2D eigenvalue weighted by Crippen LogP contribution is 2.25. The number of hydrogen-bond donors (Lipinski definition) is 1. The van der Waals surface area contributed by atoms with Crippen LogP contribution in [-0.2, 0) is 11.3 Å². The fraction of sp³-hybridized carbons (Fsp3) is 0.545. The van der Waals surface area contributed by atoms with Crippen LogP contribution in [0.1, 0.15) is 12.6 Å².